The van der Waals surface area contributed by atoms with Crippen LogP contribution in [-0.2, 0) is 0 Å². The maximum absolute atomic E-state index is 9.05. The summed E-state index contributed by atoms with van der Waals surface area (Å²) in [5, 5.41) is 16.3. The number of rotatable bonds is 4. The third-order valence-electron chi connectivity index (χ3n) is 2.48. The maximum atomic E-state index is 9.05. The van der Waals surface area contributed by atoms with Gasteiger partial charge in [0.05, 0.1) is 12.6 Å². The van der Waals surface area contributed by atoms with Crippen LogP contribution in [0.15, 0.2) is 18.2 Å². The molecule has 3 nitrogen and oxygen atoms in total. The zero-order chi connectivity index (χ0) is 12.8. The molecule has 17 heavy (non-hydrogen) atoms. The molecule has 1 atom stereocenters. The molecule has 0 aliphatic carbocycles. The van der Waals surface area contributed by atoms with Crippen LogP contribution in [0.1, 0.15) is 18.9 Å². The van der Waals surface area contributed by atoms with Gasteiger partial charge in [0.2, 0.25) is 0 Å². The second-order valence-electron chi connectivity index (χ2n) is 3.85. The Kier molecular flexibility index (Phi) is 5.68. The molecule has 0 saturated carbocycles. The highest BCUT2D eigenvalue weighted by Crippen LogP contribution is 2.19. The second-order valence-corrected chi connectivity index (χ2v) is 4.67. The summed E-state index contributed by atoms with van der Waals surface area (Å²) in [5.74, 6) is 0. The minimum atomic E-state index is -0.0177. The Balaban J connectivity index is 2.58. The third-order valence-corrected chi connectivity index (χ3v) is 3.11. The summed E-state index contributed by atoms with van der Waals surface area (Å²) in [6.07, 6.45) is 0.812. The molecule has 0 spiro atoms. The molecule has 0 aliphatic rings. The lowest BCUT2D eigenvalue weighted by atomic mass is 10.2. The number of aryl methyl sites for hydroxylation is 1. The lowest BCUT2D eigenvalue weighted by molar-refractivity contribution is 0.253. The number of hydrogen-bond donors (Lipinski definition) is 3. The van der Waals surface area contributed by atoms with Gasteiger partial charge in [-0.3, -0.25) is 0 Å². The number of halogens is 1. The van der Waals surface area contributed by atoms with Crippen molar-refractivity contribution in [2.24, 2.45) is 0 Å². The largest absolute Gasteiger partial charge is 0.394 e. The van der Waals surface area contributed by atoms with Gasteiger partial charge in [-0.25, -0.2) is 0 Å². The molecule has 0 aromatic heterocycles. The van der Waals surface area contributed by atoms with Crippen molar-refractivity contribution in [3.63, 3.8) is 0 Å². The first-order chi connectivity index (χ1) is 8.06. The Morgan fingerprint density at radius 3 is 2.76 bits per heavy atom. The van der Waals surface area contributed by atoms with Crippen LogP contribution < -0.4 is 10.6 Å². The first-order valence-electron chi connectivity index (χ1n) is 5.51. The normalized spacial score (nSPS) is 12.0. The van der Waals surface area contributed by atoms with Gasteiger partial charge in [0.25, 0.3) is 0 Å². The highest BCUT2D eigenvalue weighted by atomic mass is 35.5. The van der Waals surface area contributed by atoms with Gasteiger partial charge in [0, 0.05) is 10.7 Å². The topological polar surface area (TPSA) is 44.3 Å². The monoisotopic (exact) mass is 272 g/mol. The van der Waals surface area contributed by atoms with E-state index in [9.17, 15) is 0 Å². The summed E-state index contributed by atoms with van der Waals surface area (Å²) in [4.78, 5) is 0. The van der Waals surface area contributed by atoms with Crippen LogP contribution in [0.2, 0.25) is 5.02 Å². The quantitative estimate of drug-likeness (QED) is 0.738. The van der Waals surface area contributed by atoms with E-state index in [1.54, 1.807) is 0 Å². The highest BCUT2D eigenvalue weighted by Gasteiger charge is 2.06. The first-order valence-corrected chi connectivity index (χ1v) is 6.30. The van der Waals surface area contributed by atoms with Gasteiger partial charge >= 0.3 is 0 Å². The molecule has 1 aromatic rings. The molecule has 3 N–H and O–H groups in total. The fourth-order valence-electron chi connectivity index (χ4n) is 1.30. The molecule has 0 bridgehead atoms. The Bertz CT molecular complexity index is 394. The highest BCUT2D eigenvalue weighted by molar-refractivity contribution is 7.80. The average Bonchev–Trinajstić information content (AvgIpc) is 2.31. The zero-order valence-corrected chi connectivity index (χ0v) is 11.5. The molecule has 0 aliphatic heterocycles. The lowest BCUT2D eigenvalue weighted by Gasteiger charge is -2.17. The van der Waals surface area contributed by atoms with Gasteiger partial charge in [-0.1, -0.05) is 24.6 Å². The molecule has 1 rings (SSSR count). The number of anilines is 1. The molecular formula is C12H17ClN2OS. The van der Waals surface area contributed by atoms with Crippen molar-refractivity contribution in [2.45, 2.75) is 26.3 Å². The van der Waals surface area contributed by atoms with Crippen LogP contribution in [0, 0.1) is 6.92 Å². The Hall–Kier alpha value is -0.840. The molecule has 94 valence electrons. The number of hydrogen-bond acceptors (Lipinski definition) is 2. The van der Waals surface area contributed by atoms with Gasteiger partial charge in [-0.05, 0) is 43.3 Å². The van der Waals surface area contributed by atoms with Crippen molar-refractivity contribution >= 4 is 34.6 Å². The number of benzene rings is 1. The molecular weight excluding hydrogens is 256 g/mol. The smallest absolute Gasteiger partial charge is 0.171 e. The Morgan fingerprint density at radius 1 is 1.53 bits per heavy atom. The minimum Gasteiger partial charge on any atom is -0.394 e. The number of thiocarbonyl (C=S) groups is 1. The zero-order valence-electron chi connectivity index (χ0n) is 9.96. The molecule has 0 radical (unpaired) electrons. The molecule has 0 heterocycles. The first kappa shape index (κ1) is 14.2. The molecule has 0 unspecified atom stereocenters. The van der Waals surface area contributed by atoms with Crippen LogP contribution in [0.25, 0.3) is 0 Å². The van der Waals surface area contributed by atoms with Crippen LogP contribution in [0.5, 0.6) is 0 Å². The fraction of sp³-hybridized carbons (Fsp3) is 0.417. The number of aliphatic hydroxyl groups is 1. The van der Waals surface area contributed by atoms with E-state index in [4.69, 9.17) is 28.9 Å². The van der Waals surface area contributed by atoms with Crippen molar-refractivity contribution in [2.75, 3.05) is 11.9 Å². The Labute approximate surface area is 112 Å². The maximum Gasteiger partial charge on any atom is 0.171 e. The van der Waals surface area contributed by atoms with Gasteiger partial charge < -0.3 is 15.7 Å². The van der Waals surface area contributed by atoms with Crippen molar-refractivity contribution < 1.29 is 5.11 Å². The molecule has 0 saturated heterocycles. The number of nitrogens with one attached hydrogen (secondary N) is 2. The molecule has 1 aromatic carbocycles. The molecule has 0 fully saturated rings. The van der Waals surface area contributed by atoms with Crippen molar-refractivity contribution in [1.82, 2.24) is 5.32 Å². The summed E-state index contributed by atoms with van der Waals surface area (Å²) in [6.45, 7) is 3.99. The third kappa shape index (κ3) is 4.50. The second kappa shape index (κ2) is 6.79. The van der Waals surface area contributed by atoms with E-state index in [1.807, 2.05) is 32.0 Å². The summed E-state index contributed by atoms with van der Waals surface area (Å²) < 4.78 is 0. The van der Waals surface area contributed by atoms with E-state index < -0.39 is 0 Å². The predicted molar refractivity (Wildman–Crippen MR) is 76.7 cm³/mol. The van der Waals surface area contributed by atoms with E-state index in [0.717, 1.165) is 17.7 Å². The van der Waals surface area contributed by atoms with Gasteiger partial charge in [0.1, 0.15) is 0 Å². The summed E-state index contributed by atoms with van der Waals surface area (Å²) >= 11 is 11.2. The predicted octanol–water partition coefficient (Wildman–Crippen LogP) is 2.71. The fourth-order valence-corrected chi connectivity index (χ4v) is 1.77. The van der Waals surface area contributed by atoms with Gasteiger partial charge in [-0.2, -0.15) is 0 Å². The molecule has 5 heteroatoms. The van der Waals surface area contributed by atoms with Crippen molar-refractivity contribution in [1.29, 1.82) is 0 Å². The average molecular weight is 273 g/mol. The van der Waals surface area contributed by atoms with Crippen LogP contribution >= 0.6 is 23.8 Å². The van der Waals surface area contributed by atoms with Crippen molar-refractivity contribution in [3.05, 3.63) is 28.8 Å². The van der Waals surface area contributed by atoms with Crippen LogP contribution in [0.3, 0.4) is 0 Å². The SMILES string of the molecule is CC[C@H](CO)NC(=S)Nc1ccc(C)c(Cl)c1. The Morgan fingerprint density at radius 2 is 2.24 bits per heavy atom. The van der Waals surface area contributed by atoms with E-state index in [-0.39, 0.29) is 12.6 Å². The summed E-state index contributed by atoms with van der Waals surface area (Å²) in [6, 6.07) is 5.65. The van der Waals surface area contributed by atoms with E-state index in [0.29, 0.717) is 10.1 Å². The van der Waals surface area contributed by atoms with Gasteiger partial charge in [-0.15, -0.1) is 0 Å². The lowest BCUT2D eigenvalue weighted by Crippen LogP contribution is -2.39. The summed E-state index contributed by atoms with van der Waals surface area (Å²) in [5.41, 5.74) is 1.86. The number of aliphatic hydroxyl groups excluding tert-OH is 1. The minimum absolute atomic E-state index is 0.0177. The van der Waals surface area contributed by atoms with Crippen molar-refractivity contribution in [3.8, 4) is 0 Å². The van der Waals surface area contributed by atoms with E-state index in [1.165, 1.54) is 0 Å². The standard InChI is InChI=1S/C12H17ClN2OS/c1-3-9(7-16)14-12(17)15-10-5-4-8(2)11(13)6-10/h4-6,9,16H,3,7H2,1-2H3,(H2,14,15,17)/t9-/m1/s1. The van der Waals surface area contributed by atoms with E-state index >= 15 is 0 Å². The van der Waals surface area contributed by atoms with Gasteiger partial charge in [0.15, 0.2) is 5.11 Å². The summed E-state index contributed by atoms with van der Waals surface area (Å²) in [7, 11) is 0. The van der Waals surface area contributed by atoms with Crippen LogP contribution in [-0.4, -0.2) is 22.9 Å². The van der Waals surface area contributed by atoms with E-state index in [2.05, 4.69) is 10.6 Å². The molecule has 0 amide bonds. The van der Waals surface area contributed by atoms with Crippen LogP contribution in [0.4, 0.5) is 5.69 Å².